The van der Waals surface area contributed by atoms with E-state index in [0.717, 1.165) is 0 Å². The average molecular weight is 313 g/mol. The van der Waals surface area contributed by atoms with Gasteiger partial charge in [0.2, 0.25) is 0 Å². The Balaban J connectivity index is 2.48. The lowest BCUT2D eigenvalue weighted by Gasteiger charge is -2.22. The number of hydrogen-bond donors (Lipinski definition) is 0. The van der Waals surface area contributed by atoms with Crippen LogP contribution in [0.5, 0.6) is 0 Å². The molecule has 0 N–H and O–H groups in total. The van der Waals surface area contributed by atoms with E-state index in [0.29, 0.717) is 10.9 Å². The average Bonchev–Trinajstić information content (AvgIpc) is 2.57. The van der Waals surface area contributed by atoms with Crippen LogP contribution in [0.2, 0.25) is 0 Å². The summed E-state index contributed by atoms with van der Waals surface area (Å²) < 4.78 is 18.7. The standard InChI is InChI=1S/C17H16NO3P/c1-2-21-22(20,15-11-7-4-8-12-15)16(13-18)17(19)14-9-5-3-6-10-14/h3-12,16H,2H2,1H3/t16-,22-/m0/s1. The summed E-state index contributed by atoms with van der Waals surface area (Å²) in [6, 6.07) is 18.7. The number of Topliss-reactive ketones (excluding diaryl/α,β-unsaturated/α-hetero) is 1. The highest BCUT2D eigenvalue weighted by atomic mass is 31.2. The van der Waals surface area contributed by atoms with Gasteiger partial charge in [-0.25, -0.2) is 0 Å². The maximum atomic E-state index is 13.3. The number of hydrogen-bond acceptors (Lipinski definition) is 4. The highest BCUT2D eigenvalue weighted by Crippen LogP contribution is 2.51. The van der Waals surface area contributed by atoms with E-state index in [1.165, 1.54) is 0 Å². The number of benzene rings is 2. The van der Waals surface area contributed by atoms with Gasteiger partial charge in [-0.2, -0.15) is 5.26 Å². The van der Waals surface area contributed by atoms with Gasteiger partial charge in [-0.05, 0) is 19.1 Å². The van der Waals surface area contributed by atoms with Crippen molar-refractivity contribution in [1.29, 1.82) is 5.26 Å². The van der Waals surface area contributed by atoms with Crippen molar-refractivity contribution >= 4 is 18.5 Å². The SMILES string of the molecule is CCO[P@@](=O)(c1ccccc1)[C@@H](C#N)C(=O)c1ccccc1. The molecule has 0 aliphatic carbocycles. The molecule has 112 valence electrons. The predicted octanol–water partition coefficient (Wildman–Crippen LogP) is 3.40. The van der Waals surface area contributed by atoms with E-state index >= 15 is 0 Å². The van der Waals surface area contributed by atoms with E-state index in [1.807, 2.05) is 6.07 Å². The molecule has 2 rings (SSSR count). The predicted molar refractivity (Wildman–Crippen MR) is 85.5 cm³/mol. The molecule has 0 saturated carbocycles. The van der Waals surface area contributed by atoms with Crippen molar-refractivity contribution in [2.45, 2.75) is 12.6 Å². The fourth-order valence-electron chi connectivity index (χ4n) is 2.17. The highest BCUT2D eigenvalue weighted by Gasteiger charge is 2.41. The van der Waals surface area contributed by atoms with Crippen molar-refractivity contribution in [3.63, 3.8) is 0 Å². The Morgan fingerprint density at radius 1 is 1.14 bits per heavy atom. The second-order valence-electron chi connectivity index (χ2n) is 4.61. The van der Waals surface area contributed by atoms with Crippen LogP contribution >= 0.6 is 7.37 Å². The van der Waals surface area contributed by atoms with Crippen LogP contribution in [0.3, 0.4) is 0 Å². The molecule has 4 nitrogen and oxygen atoms in total. The zero-order valence-electron chi connectivity index (χ0n) is 12.2. The van der Waals surface area contributed by atoms with Crippen molar-refractivity contribution < 1.29 is 13.9 Å². The third-order valence-electron chi connectivity index (χ3n) is 3.21. The van der Waals surface area contributed by atoms with E-state index in [1.54, 1.807) is 67.6 Å². The minimum atomic E-state index is -3.61. The van der Waals surface area contributed by atoms with Crippen LogP contribution in [0.4, 0.5) is 0 Å². The Labute approximate surface area is 129 Å². The number of carbonyl (C=O) groups is 1. The van der Waals surface area contributed by atoms with Crippen molar-refractivity contribution in [2.75, 3.05) is 6.61 Å². The Hall–Kier alpha value is -2.21. The normalized spacial score (nSPS) is 14.5. The lowest BCUT2D eigenvalue weighted by Crippen LogP contribution is -2.26. The second-order valence-corrected chi connectivity index (χ2v) is 7.10. The molecule has 2 atom stereocenters. The molecule has 22 heavy (non-hydrogen) atoms. The van der Waals surface area contributed by atoms with Crippen LogP contribution in [0.1, 0.15) is 17.3 Å². The van der Waals surface area contributed by atoms with Crippen molar-refractivity contribution in [3.8, 4) is 6.07 Å². The highest BCUT2D eigenvalue weighted by molar-refractivity contribution is 7.69. The van der Waals surface area contributed by atoms with Crippen molar-refractivity contribution in [1.82, 2.24) is 0 Å². The number of ketones is 1. The first-order chi connectivity index (χ1) is 10.6. The van der Waals surface area contributed by atoms with Crippen LogP contribution in [0.25, 0.3) is 0 Å². The fraction of sp³-hybridized carbons (Fsp3) is 0.176. The molecule has 0 spiro atoms. The van der Waals surface area contributed by atoms with Crippen LogP contribution in [0, 0.1) is 11.3 Å². The van der Waals surface area contributed by atoms with Crippen LogP contribution in [-0.4, -0.2) is 18.0 Å². The Bertz CT molecular complexity index is 723. The third kappa shape index (κ3) is 3.17. The summed E-state index contributed by atoms with van der Waals surface area (Å²) in [5.41, 5.74) is -0.998. The largest absolute Gasteiger partial charge is 0.324 e. The summed E-state index contributed by atoms with van der Waals surface area (Å²) in [5, 5.41) is 9.84. The molecule has 0 amide bonds. The first kappa shape index (κ1) is 16.2. The maximum Gasteiger partial charge on any atom is 0.256 e. The summed E-state index contributed by atoms with van der Waals surface area (Å²) in [4.78, 5) is 12.6. The van der Waals surface area contributed by atoms with Gasteiger partial charge in [0.25, 0.3) is 7.37 Å². The smallest absolute Gasteiger partial charge is 0.256 e. The summed E-state index contributed by atoms with van der Waals surface area (Å²) in [6.07, 6.45) is 0. The molecule has 2 aromatic carbocycles. The number of rotatable bonds is 6. The van der Waals surface area contributed by atoms with E-state index in [4.69, 9.17) is 4.52 Å². The topological polar surface area (TPSA) is 67.2 Å². The van der Waals surface area contributed by atoms with Gasteiger partial charge in [0.1, 0.15) is 0 Å². The molecule has 0 aromatic heterocycles. The number of carbonyl (C=O) groups excluding carboxylic acids is 1. The lowest BCUT2D eigenvalue weighted by molar-refractivity contribution is 0.0996. The lowest BCUT2D eigenvalue weighted by atomic mass is 10.1. The van der Waals surface area contributed by atoms with E-state index in [9.17, 15) is 14.6 Å². The molecular weight excluding hydrogens is 297 g/mol. The van der Waals surface area contributed by atoms with Gasteiger partial charge in [-0.3, -0.25) is 9.36 Å². The molecular formula is C17H16NO3P. The molecule has 0 heterocycles. The molecule has 0 unspecified atom stereocenters. The Morgan fingerprint density at radius 2 is 1.68 bits per heavy atom. The van der Waals surface area contributed by atoms with E-state index < -0.39 is 18.8 Å². The Kier molecular flexibility index (Phi) is 5.27. The quantitative estimate of drug-likeness (QED) is 0.605. The summed E-state index contributed by atoms with van der Waals surface area (Å²) in [6.45, 7) is 1.85. The van der Waals surface area contributed by atoms with Crippen molar-refractivity contribution in [3.05, 3.63) is 66.2 Å². The Morgan fingerprint density at radius 3 is 2.18 bits per heavy atom. The van der Waals surface area contributed by atoms with Gasteiger partial charge in [-0.15, -0.1) is 0 Å². The minimum Gasteiger partial charge on any atom is -0.324 e. The summed E-state index contributed by atoms with van der Waals surface area (Å²) >= 11 is 0. The fourth-order valence-corrected chi connectivity index (χ4v) is 4.35. The first-order valence-corrected chi connectivity index (χ1v) is 8.61. The minimum absolute atomic E-state index is 0.159. The molecule has 0 saturated heterocycles. The van der Waals surface area contributed by atoms with Gasteiger partial charge in [0.05, 0.1) is 12.7 Å². The summed E-state index contributed by atoms with van der Waals surface area (Å²) in [5.74, 6) is -0.483. The number of nitrogens with zero attached hydrogens (tertiary/aromatic N) is 1. The monoisotopic (exact) mass is 313 g/mol. The zero-order valence-corrected chi connectivity index (χ0v) is 13.1. The van der Waals surface area contributed by atoms with E-state index in [2.05, 4.69) is 0 Å². The molecule has 0 aliphatic heterocycles. The van der Waals surface area contributed by atoms with Gasteiger partial charge < -0.3 is 4.52 Å². The van der Waals surface area contributed by atoms with Crippen LogP contribution in [0.15, 0.2) is 60.7 Å². The van der Waals surface area contributed by atoms with Gasteiger partial charge in [0.15, 0.2) is 11.4 Å². The maximum absolute atomic E-state index is 13.3. The number of nitriles is 1. The third-order valence-corrected chi connectivity index (χ3v) is 5.90. The van der Waals surface area contributed by atoms with Crippen LogP contribution in [-0.2, 0) is 9.09 Å². The van der Waals surface area contributed by atoms with Gasteiger partial charge >= 0.3 is 0 Å². The molecule has 0 bridgehead atoms. The van der Waals surface area contributed by atoms with E-state index in [-0.39, 0.29) is 6.61 Å². The molecule has 5 heteroatoms. The molecule has 2 aromatic rings. The van der Waals surface area contributed by atoms with Crippen molar-refractivity contribution in [2.24, 2.45) is 0 Å². The molecule has 0 fully saturated rings. The van der Waals surface area contributed by atoms with Crippen LogP contribution < -0.4 is 5.30 Å². The van der Waals surface area contributed by atoms with Gasteiger partial charge in [0, 0.05) is 10.9 Å². The second kappa shape index (κ2) is 7.17. The summed E-state index contributed by atoms with van der Waals surface area (Å²) in [7, 11) is -3.61. The first-order valence-electron chi connectivity index (χ1n) is 6.92. The molecule has 0 radical (unpaired) electrons. The molecule has 0 aliphatic rings. The zero-order chi connectivity index (χ0) is 16.0. The van der Waals surface area contributed by atoms with Gasteiger partial charge in [-0.1, -0.05) is 48.5 Å².